The molecule has 3 nitrogen and oxygen atoms in total. The number of nitrogens with one attached hydrogen (secondary N) is 1. The molecule has 1 N–H and O–H groups in total. The van der Waals surface area contributed by atoms with Crippen molar-refractivity contribution in [1.29, 1.82) is 0 Å². The summed E-state index contributed by atoms with van der Waals surface area (Å²) in [5.41, 5.74) is 0.682. The van der Waals surface area contributed by atoms with E-state index in [2.05, 4.69) is 22.8 Å². The number of carbonyl (C=O) groups excluding carboxylic acids is 1. The molecule has 0 saturated carbocycles. The molecule has 0 spiro atoms. The number of thiol groups is 1. The van der Waals surface area contributed by atoms with Crippen LogP contribution in [0.25, 0.3) is 0 Å². The van der Waals surface area contributed by atoms with Crippen LogP contribution in [0, 0.1) is 0 Å². The van der Waals surface area contributed by atoms with Gasteiger partial charge in [0.15, 0.2) is 0 Å². The molecule has 0 unspecified atom stereocenters. The van der Waals surface area contributed by atoms with Crippen LogP contribution in [-0.4, -0.2) is 37.0 Å². The third-order valence-corrected chi connectivity index (χ3v) is 3.55. The first kappa shape index (κ1) is 13.4. The second-order valence-electron chi connectivity index (χ2n) is 4.71. The average molecular weight is 264 g/mol. The Hall–Kier alpha value is -1.00. The number of likely N-dealkylation sites (tertiary alicyclic amines) is 1. The second-order valence-corrected chi connectivity index (χ2v) is 5.22. The van der Waals surface area contributed by atoms with Crippen LogP contribution in [0.5, 0.6) is 0 Å². The molecule has 98 valence electrons. The fraction of sp³-hybridized carbons (Fsp3) is 0.500. The van der Waals surface area contributed by atoms with E-state index in [1.54, 1.807) is 6.07 Å². The van der Waals surface area contributed by atoms with Crippen molar-refractivity contribution in [2.45, 2.75) is 24.2 Å². The SMILES string of the molecule is O=C(NCCN1CCCCC1)c1cccc(S)c1. The molecule has 0 aromatic heterocycles. The van der Waals surface area contributed by atoms with E-state index in [4.69, 9.17) is 0 Å². The van der Waals surface area contributed by atoms with Crippen molar-refractivity contribution in [2.75, 3.05) is 26.2 Å². The zero-order valence-electron chi connectivity index (χ0n) is 10.6. The van der Waals surface area contributed by atoms with Gasteiger partial charge in [-0.05, 0) is 44.1 Å². The lowest BCUT2D eigenvalue weighted by atomic mass is 10.1. The summed E-state index contributed by atoms with van der Waals surface area (Å²) in [7, 11) is 0. The van der Waals surface area contributed by atoms with Gasteiger partial charge in [-0.15, -0.1) is 12.6 Å². The van der Waals surface area contributed by atoms with E-state index in [0.717, 1.165) is 18.0 Å². The second kappa shape index (κ2) is 6.81. The van der Waals surface area contributed by atoms with E-state index >= 15 is 0 Å². The Kier molecular flexibility index (Phi) is 5.08. The van der Waals surface area contributed by atoms with E-state index < -0.39 is 0 Å². The molecule has 1 aromatic carbocycles. The Morgan fingerprint density at radius 3 is 2.78 bits per heavy atom. The number of hydrogen-bond acceptors (Lipinski definition) is 3. The first-order valence-corrected chi connectivity index (χ1v) is 7.00. The molecule has 4 heteroatoms. The molecule has 1 aliphatic heterocycles. The van der Waals surface area contributed by atoms with Crippen LogP contribution in [0.15, 0.2) is 29.2 Å². The highest BCUT2D eigenvalue weighted by Gasteiger charge is 2.10. The molecular weight excluding hydrogens is 244 g/mol. The fourth-order valence-corrected chi connectivity index (χ4v) is 2.48. The van der Waals surface area contributed by atoms with E-state index in [1.807, 2.05) is 18.2 Å². The van der Waals surface area contributed by atoms with Gasteiger partial charge in [0.2, 0.25) is 0 Å². The summed E-state index contributed by atoms with van der Waals surface area (Å²) in [6.07, 6.45) is 3.92. The number of benzene rings is 1. The van der Waals surface area contributed by atoms with Crippen molar-refractivity contribution in [3.63, 3.8) is 0 Å². The predicted octanol–water partition coefficient (Wildman–Crippen LogP) is 2.19. The quantitative estimate of drug-likeness (QED) is 0.817. The van der Waals surface area contributed by atoms with Crippen molar-refractivity contribution in [3.05, 3.63) is 29.8 Å². The zero-order valence-corrected chi connectivity index (χ0v) is 11.5. The summed E-state index contributed by atoms with van der Waals surface area (Å²) in [5, 5.41) is 2.96. The Morgan fingerprint density at radius 2 is 2.06 bits per heavy atom. The first-order valence-electron chi connectivity index (χ1n) is 6.55. The van der Waals surface area contributed by atoms with Gasteiger partial charge in [0.25, 0.3) is 5.91 Å². The molecule has 1 aromatic rings. The fourth-order valence-electron chi connectivity index (χ4n) is 2.26. The number of hydrogen-bond donors (Lipinski definition) is 2. The number of carbonyl (C=O) groups is 1. The summed E-state index contributed by atoms with van der Waals surface area (Å²) in [6.45, 7) is 4.01. The molecule has 1 saturated heterocycles. The molecule has 0 radical (unpaired) electrons. The molecule has 0 atom stereocenters. The molecule has 1 fully saturated rings. The molecule has 1 aliphatic rings. The van der Waals surface area contributed by atoms with Gasteiger partial charge in [-0.1, -0.05) is 12.5 Å². The smallest absolute Gasteiger partial charge is 0.251 e. The minimum atomic E-state index is -0.0112. The van der Waals surface area contributed by atoms with Crippen LogP contribution < -0.4 is 5.32 Å². The van der Waals surface area contributed by atoms with Crippen LogP contribution in [0.4, 0.5) is 0 Å². The summed E-state index contributed by atoms with van der Waals surface area (Å²) < 4.78 is 0. The average Bonchev–Trinajstić information content (AvgIpc) is 2.40. The maximum Gasteiger partial charge on any atom is 0.251 e. The van der Waals surface area contributed by atoms with Gasteiger partial charge in [-0.3, -0.25) is 4.79 Å². The maximum atomic E-state index is 11.9. The normalized spacial score (nSPS) is 16.5. The molecule has 0 bridgehead atoms. The van der Waals surface area contributed by atoms with E-state index in [0.29, 0.717) is 5.56 Å². The van der Waals surface area contributed by atoms with E-state index in [9.17, 15) is 4.79 Å². The molecular formula is C14H20N2OS. The summed E-state index contributed by atoms with van der Waals surface area (Å²) >= 11 is 4.23. The highest BCUT2D eigenvalue weighted by molar-refractivity contribution is 7.80. The lowest BCUT2D eigenvalue weighted by molar-refractivity contribution is 0.0946. The number of nitrogens with zero attached hydrogens (tertiary/aromatic N) is 1. The van der Waals surface area contributed by atoms with Gasteiger partial charge >= 0.3 is 0 Å². The minimum absolute atomic E-state index is 0.0112. The van der Waals surface area contributed by atoms with Gasteiger partial charge in [-0.2, -0.15) is 0 Å². The lowest BCUT2D eigenvalue weighted by Gasteiger charge is -2.26. The lowest BCUT2D eigenvalue weighted by Crippen LogP contribution is -2.37. The van der Waals surface area contributed by atoms with Crippen LogP contribution in [-0.2, 0) is 0 Å². The molecule has 2 rings (SSSR count). The van der Waals surface area contributed by atoms with Crippen LogP contribution in [0.1, 0.15) is 29.6 Å². The van der Waals surface area contributed by atoms with Gasteiger partial charge < -0.3 is 10.2 Å². The van der Waals surface area contributed by atoms with Crippen molar-refractivity contribution >= 4 is 18.5 Å². The van der Waals surface area contributed by atoms with Crippen LogP contribution in [0.2, 0.25) is 0 Å². The third kappa shape index (κ3) is 4.03. The van der Waals surface area contributed by atoms with Crippen molar-refractivity contribution in [2.24, 2.45) is 0 Å². The van der Waals surface area contributed by atoms with Gasteiger partial charge in [0.1, 0.15) is 0 Å². The van der Waals surface area contributed by atoms with Gasteiger partial charge in [0, 0.05) is 23.5 Å². The van der Waals surface area contributed by atoms with E-state index in [1.165, 1.54) is 32.4 Å². The van der Waals surface area contributed by atoms with Crippen LogP contribution in [0.3, 0.4) is 0 Å². The van der Waals surface area contributed by atoms with Crippen molar-refractivity contribution in [1.82, 2.24) is 10.2 Å². The van der Waals surface area contributed by atoms with Crippen molar-refractivity contribution in [3.8, 4) is 0 Å². The largest absolute Gasteiger partial charge is 0.351 e. The maximum absolute atomic E-state index is 11.9. The van der Waals surface area contributed by atoms with Crippen molar-refractivity contribution < 1.29 is 4.79 Å². The number of amides is 1. The monoisotopic (exact) mass is 264 g/mol. The zero-order chi connectivity index (χ0) is 12.8. The summed E-state index contributed by atoms with van der Waals surface area (Å²) in [4.78, 5) is 15.1. The topological polar surface area (TPSA) is 32.3 Å². The summed E-state index contributed by atoms with van der Waals surface area (Å²) in [5.74, 6) is -0.0112. The Morgan fingerprint density at radius 1 is 1.28 bits per heavy atom. The molecule has 1 heterocycles. The number of piperidine rings is 1. The highest BCUT2D eigenvalue weighted by Crippen LogP contribution is 2.09. The summed E-state index contributed by atoms with van der Waals surface area (Å²) in [6, 6.07) is 7.32. The van der Waals surface area contributed by atoms with Gasteiger partial charge in [-0.25, -0.2) is 0 Å². The standard InChI is InChI=1S/C14H20N2OS/c17-14(12-5-4-6-13(18)11-12)15-7-10-16-8-2-1-3-9-16/h4-6,11,18H,1-3,7-10H2,(H,15,17). The van der Waals surface area contributed by atoms with Crippen LogP contribution >= 0.6 is 12.6 Å². The molecule has 0 aliphatic carbocycles. The Balaban J connectivity index is 1.74. The minimum Gasteiger partial charge on any atom is -0.351 e. The molecule has 18 heavy (non-hydrogen) atoms. The molecule has 1 amide bonds. The Bertz CT molecular complexity index is 403. The number of rotatable bonds is 4. The Labute approximate surface area is 114 Å². The third-order valence-electron chi connectivity index (χ3n) is 3.27. The highest BCUT2D eigenvalue weighted by atomic mass is 32.1. The van der Waals surface area contributed by atoms with Gasteiger partial charge in [0.05, 0.1) is 0 Å². The predicted molar refractivity (Wildman–Crippen MR) is 76.3 cm³/mol. The van der Waals surface area contributed by atoms with E-state index in [-0.39, 0.29) is 5.91 Å². The first-order chi connectivity index (χ1) is 8.75.